The Bertz CT molecular complexity index is 711. The second-order valence-corrected chi connectivity index (χ2v) is 8.15. The van der Waals surface area contributed by atoms with Crippen molar-refractivity contribution >= 4 is 17.7 Å². The van der Waals surface area contributed by atoms with Gasteiger partial charge in [0, 0.05) is 32.7 Å². The third kappa shape index (κ3) is 4.62. The molecule has 1 aromatic heterocycles. The summed E-state index contributed by atoms with van der Waals surface area (Å²) >= 11 is 1.43. The number of carbonyl (C=O) groups excluding carboxylic acids is 1. The van der Waals surface area contributed by atoms with Crippen molar-refractivity contribution in [2.24, 2.45) is 0 Å². The third-order valence-electron chi connectivity index (χ3n) is 4.51. The fraction of sp³-hybridized carbons (Fsp3) is 0.556. The van der Waals surface area contributed by atoms with Gasteiger partial charge in [-0.25, -0.2) is 4.68 Å². The second kappa shape index (κ2) is 8.64. The Morgan fingerprint density at radius 1 is 1.12 bits per heavy atom. The lowest BCUT2D eigenvalue weighted by Crippen LogP contribution is -2.50. The first-order chi connectivity index (χ1) is 12.5. The van der Waals surface area contributed by atoms with E-state index in [0.717, 1.165) is 32.7 Å². The number of tetrazole rings is 1. The van der Waals surface area contributed by atoms with Gasteiger partial charge in [0.05, 0.1) is 11.3 Å². The zero-order chi connectivity index (χ0) is 18.5. The van der Waals surface area contributed by atoms with Gasteiger partial charge in [-0.2, -0.15) is 0 Å². The van der Waals surface area contributed by atoms with Crippen molar-refractivity contribution in [1.29, 1.82) is 0 Å². The van der Waals surface area contributed by atoms with E-state index >= 15 is 0 Å². The molecule has 7 nitrogen and oxygen atoms in total. The first-order valence-electron chi connectivity index (χ1n) is 9.04. The summed E-state index contributed by atoms with van der Waals surface area (Å²) in [4.78, 5) is 17.1. The van der Waals surface area contributed by atoms with Gasteiger partial charge in [0.25, 0.3) is 0 Å². The molecular weight excluding hydrogens is 348 g/mol. The molecule has 2 aromatic rings. The van der Waals surface area contributed by atoms with E-state index in [1.807, 2.05) is 31.7 Å². The van der Waals surface area contributed by atoms with Crippen molar-refractivity contribution in [1.82, 2.24) is 30.0 Å². The maximum atomic E-state index is 12.8. The van der Waals surface area contributed by atoms with E-state index in [1.54, 1.807) is 4.68 Å². The minimum Gasteiger partial charge on any atom is -0.339 e. The van der Waals surface area contributed by atoms with Gasteiger partial charge < -0.3 is 4.90 Å². The van der Waals surface area contributed by atoms with Crippen LogP contribution in [-0.4, -0.2) is 67.3 Å². The van der Waals surface area contributed by atoms with Crippen molar-refractivity contribution in [2.45, 2.75) is 43.8 Å². The average molecular weight is 375 g/mol. The fourth-order valence-corrected chi connectivity index (χ4v) is 4.03. The van der Waals surface area contributed by atoms with Gasteiger partial charge in [-0.15, -0.1) is 5.10 Å². The average Bonchev–Trinajstić information content (AvgIpc) is 3.11. The highest BCUT2D eigenvalue weighted by molar-refractivity contribution is 8.00. The van der Waals surface area contributed by atoms with Crippen LogP contribution in [0.2, 0.25) is 0 Å². The van der Waals surface area contributed by atoms with Gasteiger partial charge >= 0.3 is 0 Å². The van der Waals surface area contributed by atoms with E-state index in [-0.39, 0.29) is 17.2 Å². The number of rotatable bonds is 6. The molecule has 8 heteroatoms. The van der Waals surface area contributed by atoms with Crippen molar-refractivity contribution in [3.05, 3.63) is 35.9 Å². The molecule has 0 bridgehead atoms. The highest BCUT2D eigenvalue weighted by atomic mass is 32.2. The molecule has 1 unspecified atom stereocenters. The standard InChI is InChI=1S/C18H26N6OS/c1-14(2)24-18(19-20-21-24)26-15(3)17(25)23-11-9-22(10-12-23)13-16-7-5-4-6-8-16/h4-8,14-15H,9-13H2,1-3H3. The van der Waals surface area contributed by atoms with Crippen LogP contribution in [-0.2, 0) is 11.3 Å². The van der Waals surface area contributed by atoms with E-state index in [0.29, 0.717) is 5.16 Å². The summed E-state index contributed by atoms with van der Waals surface area (Å²) in [6, 6.07) is 10.6. The van der Waals surface area contributed by atoms with Crippen LogP contribution in [0.15, 0.2) is 35.5 Å². The molecule has 0 saturated carbocycles. The Hall–Kier alpha value is -1.93. The molecule has 2 heterocycles. The summed E-state index contributed by atoms with van der Waals surface area (Å²) in [6.07, 6.45) is 0. The van der Waals surface area contributed by atoms with Crippen LogP contribution < -0.4 is 0 Å². The number of piperazine rings is 1. The Morgan fingerprint density at radius 2 is 1.81 bits per heavy atom. The SMILES string of the molecule is CC(Sc1nnnn1C(C)C)C(=O)N1CCN(Cc2ccccc2)CC1. The number of nitrogens with zero attached hydrogens (tertiary/aromatic N) is 6. The lowest BCUT2D eigenvalue weighted by molar-refractivity contribution is -0.132. The van der Waals surface area contributed by atoms with Crippen LogP contribution in [0.25, 0.3) is 0 Å². The molecule has 3 rings (SSSR count). The molecule has 0 aliphatic carbocycles. The Morgan fingerprint density at radius 3 is 2.46 bits per heavy atom. The summed E-state index contributed by atoms with van der Waals surface area (Å²) < 4.78 is 1.76. The molecule has 1 saturated heterocycles. The normalized spacial score (nSPS) is 16.8. The maximum absolute atomic E-state index is 12.8. The Labute approximate surface area is 158 Å². The number of hydrogen-bond acceptors (Lipinski definition) is 6. The topological polar surface area (TPSA) is 67.2 Å². The maximum Gasteiger partial charge on any atom is 0.235 e. The molecule has 1 aromatic carbocycles. The number of hydrogen-bond donors (Lipinski definition) is 0. The van der Waals surface area contributed by atoms with Gasteiger partial charge in [0.15, 0.2) is 0 Å². The molecule has 1 aliphatic heterocycles. The molecule has 0 spiro atoms. The first-order valence-corrected chi connectivity index (χ1v) is 9.92. The monoisotopic (exact) mass is 374 g/mol. The van der Waals surface area contributed by atoms with Gasteiger partial charge in [0.1, 0.15) is 0 Å². The number of benzene rings is 1. The zero-order valence-electron chi connectivity index (χ0n) is 15.6. The van der Waals surface area contributed by atoms with Gasteiger partial charge in [-0.05, 0) is 36.8 Å². The molecule has 1 fully saturated rings. The molecule has 0 radical (unpaired) electrons. The van der Waals surface area contributed by atoms with Gasteiger partial charge in [-0.3, -0.25) is 9.69 Å². The first kappa shape index (κ1) is 18.8. The number of amides is 1. The molecule has 0 N–H and O–H groups in total. The predicted molar refractivity (Wildman–Crippen MR) is 102 cm³/mol. The number of thioether (sulfide) groups is 1. The van der Waals surface area contributed by atoms with Crippen LogP contribution in [0.4, 0.5) is 0 Å². The molecule has 1 amide bonds. The van der Waals surface area contributed by atoms with Gasteiger partial charge in [-0.1, -0.05) is 42.1 Å². The van der Waals surface area contributed by atoms with Crippen LogP contribution >= 0.6 is 11.8 Å². The number of carbonyl (C=O) groups is 1. The molecule has 140 valence electrons. The van der Waals surface area contributed by atoms with Crippen molar-refractivity contribution in [3.63, 3.8) is 0 Å². The predicted octanol–water partition coefficient (Wildman–Crippen LogP) is 2.08. The summed E-state index contributed by atoms with van der Waals surface area (Å²) in [5.41, 5.74) is 1.32. The summed E-state index contributed by atoms with van der Waals surface area (Å²) in [7, 11) is 0. The highest BCUT2D eigenvalue weighted by Crippen LogP contribution is 2.24. The van der Waals surface area contributed by atoms with Crippen LogP contribution in [0.5, 0.6) is 0 Å². The van der Waals surface area contributed by atoms with E-state index in [1.165, 1.54) is 17.3 Å². The summed E-state index contributed by atoms with van der Waals surface area (Å²) in [5, 5.41) is 12.3. The van der Waals surface area contributed by atoms with Crippen molar-refractivity contribution in [2.75, 3.05) is 26.2 Å². The fourth-order valence-electron chi connectivity index (χ4n) is 3.02. The lowest BCUT2D eigenvalue weighted by atomic mass is 10.2. The van der Waals surface area contributed by atoms with E-state index in [9.17, 15) is 4.79 Å². The molecule has 26 heavy (non-hydrogen) atoms. The number of aromatic nitrogens is 4. The minimum atomic E-state index is -0.195. The van der Waals surface area contributed by atoms with E-state index in [4.69, 9.17) is 0 Å². The quantitative estimate of drug-likeness (QED) is 0.721. The van der Waals surface area contributed by atoms with E-state index in [2.05, 4.69) is 44.7 Å². The smallest absolute Gasteiger partial charge is 0.235 e. The van der Waals surface area contributed by atoms with Crippen molar-refractivity contribution in [3.8, 4) is 0 Å². The zero-order valence-corrected chi connectivity index (χ0v) is 16.4. The Kier molecular flexibility index (Phi) is 6.26. The highest BCUT2D eigenvalue weighted by Gasteiger charge is 2.27. The van der Waals surface area contributed by atoms with Crippen molar-refractivity contribution < 1.29 is 4.79 Å². The van der Waals surface area contributed by atoms with Gasteiger partial charge in [0.2, 0.25) is 11.1 Å². The summed E-state index contributed by atoms with van der Waals surface area (Å²) in [6.45, 7) is 10.3. The Balaban J connectivity index is 1.50. The lowest BCUT2D eigenvalue weighted by Gasteiger charge is -2.35. The largest absolute Gasteiger partial charge is 0.339 e. The third-order valence-corrected chi connectivity index (χ3v) is 5.55. The molecular formula is C18H26N6OS. The van der Waals surface area contributed by atoms with Crippen LogP contribution in [0, 0.1) is 0 Å². The summed E-state index contributed by atoms with van der Waals surface area (Å²) in [5.74, 6) is 0.160. The second-order valence-electron chi connectivity index (χ2n) is 6.85. The minimum absolute atomic E-state index is 0.160. The van der Waals surface area contributed by atoms with Crippen LogP contribution in [0.3, 0.4) is 0 Å². The molecule has 1 atom stereocenters. The van der Waals surface area contributed by atoms with Crippen LogP contribution in [0.1, 0.15) is 32.4 Å². The molecule has 1 aliphatic rings. The van der Waals surface area contributed by atoms with E-state index < -0.39 is 0 Å².